The molecule has 2 aromatic rings. The van der Waals surface area contributed by atoms with Crippen LogP contribution in [0.3, 0.4) is 0 Å². The lowest BCUT2D eigenvalue weighted by Gasteiger charge is -2.19. The number of aliphatic carboxylic acids is 1. The maximum Gasteiger partial charge on any atom is 0.328 e. The molecule has 1 aromatic carbocycles. The van der Waals surface area contributed by atoms with E-state index in [1.165, 1.54) is 11.6 Å². The molecule has 20 heavy (non-hydrogen) atoms. The van der Waals surface area contributed by atoms with Crippen molar-refractivity contribution in [3.05, 3.63) is 41.1 Å². The first-order chi connectivity index (χ1) is 9.20. The Morgan fingerprint density at radius 2 is 1.95 bits per heavy atom. The minimum absolute atomic E-state index is 0.0705. The summed E-state index contributed by atoms with van der Waals surface area (Å²) in [6.07, 6.45) is 1.26. The van der Waals surface area contributed by atoms with E-state index in [9.17, 15) is 4.79 Å². The first kappa shape index (κ1) is 14.4. The Morgan fingerprint density at radius 3 is 2.50 bits per heavy atom. The number of aromatic amines is 1. The number of nitrogens with one attached hydrogen (secondary N) is 1. The molecule has 0 aliphatic heterocycles. The van der Waals surface area contributed by atoms with Gasteiger partial charge in [0.05, 0.1) is 0 Å². The minimum atomic E-state index is -0.914. The highest BCUT2D eigenvalue weighted by atomic mass is 16.4. The van der Waals surface area contributed by atoms with E-state index in [0.29, 0.717) is 0 Å². The topological polar surface area (TPSA) is 53.1 Å². The molecule has 0 bridgehead atoms. The lowest BCUT2D eigenvalue weighted by molar-refractivity contribution is -0.131. The molecule has 0 saturated heterocycles. The number of carboxylic acid groups (broad SMARTS) is 1. The van der Waals surface area contributed by atoms with Crippen LogP contribution >= 0.6 is 0 Å². The molecular weight excluding hydrogens is 250 g/mol. The Hall–Kier alpha value is -2.03. The van der Waals surface area contributed by atoms with E-state index >= 15 is 0 Å². The van der Waals surface area contributed by atoms with Gasteiger partial charge in [0, 0.05) is 28.2 Å². The van der Waals surface area contributed by atoms with E-state index in [0.717, 1.165) is 27.7 Å². The van der Waals surface area contributed by atoms with Crippen molar-refractivity contribution in [3.63, 3.8) is 0 Å². The molecule has 2 N–H and O–H groups in total. The normalized spacial score (nSPS) is 12.9. The highest BCUT2D eigenvalue weighted by Crippen LogP contribution is 2.32. The average Bonchev–Trinajstić information content (AvgIpc) is 2.61. The van der Waals surface area contributed by atoms with Gasteiger partial charge in [0.2, 0.25) is 0 Å². The number of aromatic nitrogens is 1. The van der Waals surface area contributed by atoms with Gasteiger partial charge < -0.3 is 10.1 Å². The summed E-state index contributed by atoms with van der Waals surface area (Å²) in [6, 6.07) is 6.35. The molecule has 0 atom stereocenters. The summed E-state index contributed by atoms with van der Waals surface area (Å²) in [5.74, 6) is -0.914. The van der Waals surface area contributed by atoms with E-state index in [1.807, 2.05) is 13.8 Å². The Kier molecular flexibility index (Phi) is 3.46. The number of carbonyl (C=O) groups is 1. The van der Waals surface area contributed by atoms with E-state index < -0.39 is 5.97 Å². The quantitative estimate of drug-likeness (QED) is 0.802. The van der Waals surface area contributed by atoms with Gasteiger partial charge in [0.25, 0.3) is 0 Å². The van der Waals surface area contributed by atoms with Crippen LogP contribution in [-0.2, 0) is 10.2 Å². The van der Waals surface area contributed by atoms with Gasteiger partial charge in [-0.25, -0.2) is 4.79 Å². The van der Waals surface area contributed by atoms with Crippen molar-refractivity contribution in [2.75, 3.05) is 0 Å². The number of rotatable bonds is 2. The molecule has 0 aliphatic carbocycles. The highest BCUT2D eigenvalue weighted by Gasteiger charge is 2.17. The van der Waals surface area contributed by atoms with Crippen molar-refractivity contribution >= 4 is 22.4 Å². The van der Waals surface area contributed by atoms with Crippen molar-refractivity contribution in [2.45, 2.75) is 40.0 Å². The summed E-state index contributed by atoms with van der Waals surface area (Å²) >= 11 is 0. The van der Waals surface area contributed by atoms with E-state index in [4.69, 9.17) is 5.11 Å². The van der Waals surface area contributed by atoms with Gasteiger partial charge >= 0.3 is 5.97 Å². The number of benzene rings is 1. The fraction of sp³-hybridized carbons (Fsp3) is 0.353. The third-order valence-corrected chi connectivity index (χ3v) is 3.59. The second kappa shape index (κ2) is 4.82. The van der Waals surface area contributed by atoms with Gasteiger partial charge in [-0.15, -0.1) is 0 Å². The largest absolute Gasteiger partial charge is 0.478 e. The molecule has 1 heterocycles. The van der Waals surface area contributed by atoms with E-state index in [-0.39, 0.29) is 5.41 Å². The molecule has 0 amide bonds. The molecular formula is C17H21NO2. The Labute approximate surface area is 119 Å². The maximum atomic E-state index is 10.9. The lowest BCUT2D eigenvalue weighted by atomic mass is 9.86. The smallest absolute Gasteiger partial charge is 0.328 e. The first-order valence-corrected chi connectivity index (χ1v) is 6.74. The second-order valence-corrected chi connectivity index (χ2v) is 6.30. The number of H-pyrrole nitrogens is 1. The Morgan fingerprint density at radius 1 is 1.30 bits per heavy atom. The molecule has 0 radical (unpaired) electrons. The molecule has 0 fully saturated rings. The van der Waals surface area contributed by atoms with Crippen molar-refractivity contribution in [1.29, 1.82) is 0 Å². The molecule has 0 saturated carbocycles. The number of carboxylic acids is 1. The summed E-state index contributed by atoms with van der Waals surface area (Å²) in [5, 5.41) is 10.0. The predicted molar refractivity (Wildman–Crippen MR) is 83.0 cm³/mol. The number of hydrogen-bond donors (Lipinski definition) is 2. The molecule has 2 rings (SSSR count). The summed E-state index contributed by atoms with van der Waals surface area (Å²) in [7, 11) is 0. The summed E-state index contributed by atoms with van der Waals surface area (Å²) in [6.45, 7) is 10.3. The van der Waals surface area contributed by atoms with Crippen LogP contribution in [0.4, 0.5) is 0 Å². The van der Waals surface area contributed by atoms with Crippen LogP contribution in [0, 0.1) is 6.92 Å². The lowest BCUT2D eigenvalue weighted by Crippen LogP contribution is -2.10. The maximum absolute atomic E-state index is 10.9. The van der Waals surface area contributed by atoms with Gasteiger partial charge in [-0.05, 0) is 42.5 Å². The van der Waals surface area contributed by atoms with Crippen molar-refractivity contribution in [3.8, 4) is 0 Å². The van der Waals surface area contributed by atoms with Crippen LogP contribution in [0.1, 0.15) is 44.5 Å². The summed E-state index contributed by atoms with van der Waals surface area (Å²) in [5.41, 5.74) is 5.13. The van der Waals surface area contributed by atoms with Gasteiger partial charge in [0.1, 0.15) is 0 Å². The Balaban J connectivity index is 2.71. The second-order valence-electron chi connectivity index (χ2n) is 6.30. The third-order valence-electron chi connectivity index (χ3n) is 3.59. The fourth-order valence-electron chi connectivity index (χ4n) is 2.56. The summed E-state index contributed by atoms with van der Waals surface area (Å²) < 4.78 is 0. The van der Waals surface area contributed by atoms with Crippen molar-refractivity contribution < 1.29 is 9.90 Å². The number of allylic oxidation sites excluding steroid dienone is 1. The molecule has 0 aliphatic rings. The van der Waals surface area contributed by atoms with Crippen LogP contribution in [-0.4, -0.2) is 16.1 Å². The number of aryl methyl sites for hydroxylation is 1. The molecule has 3 heteroatoms. The monoisotopic (exact) mass is 271 g/mol. The Bertz CT molecular complexity index is 700. The van der Waals surface area contributed by atoms with Gasteiger partial charge in [-0.1, -0.05) is 26.8 Å². The summed E-state index contributed by atoms with van der Waals surface area (Å²) in [4.78, 5) is 14.2. The fourth-order valence-corrected chi connectivity index (χ4v) is 2.56. The molecule has 0 unspecified atom stereocenters. The molecule has 0 spiro atoms. The van der Waals surface area contributed by atoms with E-state index in [2.05, 4.69) is 44.0 Å². The standard InChI is InChI=1S/C17H21NO2/c1-10(8-15(19)20)16-11(2)18-14-7-6-12(9-13(14)16)17(3,4)5/h6-9,18H,1-5H3,(H,19,20)/b10-8+. The minimum Gasteiger partial charge on any atom is -0.478 e. The van der Waals surface area contributed by atoms with Gasteiger partial charge in [-0.3, -0.25) is 0 Å². The van der Waals surface area contributed by atoms with Gasteiger partial charge in [0.15, 0.2) is 0 Å². The van der Waals surface area contributed by atoms with Crippen molar-refractivity contribution in [1.82, 2.24) is 4.98 Å². The molecule has 106 valence electrons. The zero-order chi connectivity index (χ0) is 15.1. The van der Waals surface area contributed by atoms with Crippen LogP contribution in [0.5, 0.6) is 0 Å². The van der Waals surface area contributed by atoms with Crippen LogP contribution < -0.4 is 0 Å². The zero-order valence-corrected chi connectivity index (χ0v) is 12.7. The molecule has 1 aromatic heterocycles. The molecule has 3 nitrogen and oxygen atoms in total. The van der Waals surface area contributed by atoms with Gasteiger partial charge in [-0.2, -0.15) is 0 Å². The predicted octanol–water partition coefficient (Wildman–Crippen LogP) is 4.26. The first-order valence-electron chi connectivity index (χ1n) is 6.74. The highest BCUT2D eigenvalue weighted by molar-refractivity contribution is 5.99. The number of hydrogen-bond acceptors (Lipinski definition) is 1. The third kappa shape index (κ3) is 2.62. The van der Waals surface area contributed by atoms with E-state index in [1.54, 1.807) is 0 Å². The van der Waals surface area contributed by atoms with Crippen LogP contribution in [0.15, 0.2) is 24.3 Å². The SMILES string of the molecule is C/C(=C\C(=O)O)c1c(C)[nH]c2ccc(C(C)(C)C)cc12. The van der Waals surface area contributed by atoms with Crippen LogP contribution in [0.2, 0.25) is 0 Å². The zero-order valence-electron chi connectivity index (χ0n) is 12.7. The van der Waals surface area contributed by atoms with Crippen molar-refractivity contribution in [2.24, 2.45) is 0 Å². The van der Waals surface area contributed by atoms with Crippen LogP contribution in [0.25, 0.3) is 16.5 Å². The number of fused-ring (bicyclic) bond motifs is 1. The average molecular weight is 271 g/mol.